The van der Waals surface area contributed by atoms with Crippen LogP contribution in [0.2, 0.25) is 0 Å². The molecule has 0 heterocycles. The molecule has 0 atom stereocenters. The first-order chi connectivity index (χ1) is 4.31. The van der Waals surface area contributed by atoms with Gasteiger partial charge in [0.25, 0.3) is 0 Å². The van der Waals surface area contributed by atoms with Crippen molar-refractivity contribution in [3.8, 4) is 0 Å². The Hall–Kier alpha value is -0.340. The van der Waals surface area contributed by atoms with Crippen LogP contribution in [0.4, 0.5) is 0 Å². The fourth-order valence-corrected chi connectivity index (χ4v) is 0.514. The van der Waals surface area contributed by atoms with Crippen molar-refractivity contribution in [3.05, 3.63) is 34.9 Å². The van der Waals surface area contributed by atoms with Crippen molar-refractivity contribution in [1.29, 1.82) is 0 Å². The van der Waals surface area contributed by atoms with E-state index in [0.29, 0.717) is 5.03 Å². The molecule has 0 amide bonds. The molecule has 0 saturated carbocycles. The lowest BCUT2D eigenvalue weighted by molar-refractivity contribution is 1.59. The average molecular weight is 162 g/mol. The number of rotatable bonds is 2. The Kier molecular flexibility index (Phi) is 5.57. The SMILES string of the molecule is N/C=C/C(Cl)=C\C=C\S. The molecule has 0 fully saturated rings. The topological polar surface area (TPSA) is 26.0 Å². The summed E-state index contributed by atoms with van der Waals surface area (Å²) in [5, 5.41) is 2.18. The first-order valence-corrected chi connectivity index (χ1v) is 3.25. The van der Waals surface area contributed by atoms with Crippen LogP contribution in [0.5, 0.6) is 0 Å². The molecule has 0 unspecified atom stereocenters. The molecule has 3 heteroatoms. The zero-order chi connectivity index (χ0) is 7.11. The number of hydrogen-bond acceptors (Lipinski definition) is 2. The molecule has 0 aliphatic heterocycles. The summed E-state index contributed by atoms with van der Waals surface area (Å²) in [6, 6.07) is 0. The minimum atomic E-state index is 0.586. The largest absolute Gasteiger partial charge is 0.405 e. The van der Waals surface area contributed by atoms with Gasteiger partial charge in [-0.05, 0) is 23.8 Å². The minimum Gasteiger partial charge on any atom is -0.405 e. The van der Waals surface area contributed by atoms with Gasteiger partial charge in [-0.15, -0.1) is 0 Å². The van der Waals surface area contributed by atoms with Crippen LogP contribution < -0.4 is 5.73 Å². The average Bonchev–Trinajstić information content (AvgIpc) is 1.85. The van der Waals surface area contributed by atoms with Gasteiger partial charge in [0.15, 0.2) is 0 Å². The van der Waals surface area contributed by atoms with Crippen molar-refractivity contribution in [2.24, 2.45) is 5.73 Å². The van der Waals surface area contributed by atoms with E-state index in [1.165, 1.54) is 6.20 Å². The van der Waals surface area contributed by atoms with Crippen LogP contribution in [-0.2, 0) is 0 Å². The molecular formula is C6H8ClNS. The molecule has 0 saturated heterocycles. The molecule has 50 valence electrons. The minimum absolute atomic E-state index is 0.586. The third-order valence-corrected chi connectivity index (χ3v) is 1.02. The van der Waals surface area contributed by atoms with Gasteiger partial charge in [0.05, 0.1) is 0 Å². The van der Waals surface area contributed by atoms with E-state index < -0.39 is 0 Å². The van der Waals surface area contributed by atoms with Crippen molar-refractivity contribution in [2.75, 3.05) is 0 Å². The molecule has 0 spiro atoms. The zero-order valence-corrected chi connectivity index (χ0v) is 6.44. The molecule has 0 aromatic heterocycles. The van der Waals surface area contributed by atoms with Crippen LogP contribution in [0, 0.1) is 0 Å². The van der Waals surface area contributed by atoms with Gasteiger partial charge in [0.2, 0.25) is 0 Å². The standard InChI is InChI=1S/C6H8ClNS/c7-6(3-4-8)2-1-5-9/h1-5,9H,8H2/b4-3+,5-1+,6-2+. The Morgan fingerprint density at radius 3 is 2.67 bits per heavy atom. The zero-order valence-electron chi connectivity index (χ0n) is 4.79. The van der Waals surface area contributed by atoms with Crippen molar-refractivity contribution in [3.63, 3.8) is 0 Å². The fourth-order valence-electron chi connectivity index (χ4n) is 0.282. The van der Waals surface area contributed by atoms with E-state index in [-0.39, 0.29) is 0 Å². The van der Waals surface area contributed by atoms with Crippen molar-refractivity contribution >= 4 is 24.2 Å². The molecule has 1 nitrogen and oxygen atoms in total. The predicted molar refractivity (Wildman–Crippen MR) is 45.4 cm³/mol. The van der Waals surface area contributed by atoms with Crippen LogP contribution in [0.1, 0.15) is 0 Å². The van der Waals surface area contributed by atoms with E-state index in [0.717, 1.165) is 0 Å². The molecule has 0 bridgehead atoms. The maximum absolute atomic E-state index is 5.57. The van der Waals surface area contributed by atoms with Crippen LogP contribution >= 0.6 is 24.2 Å². The van der Waals surface area contributed by atoms with Gasteiger partial charge in [-0.25, -0.2) is 0 Å². The number of halogens is 1. The summed E-state index contributed by atoms with van der Waals surface area (Å²) in [6.07, 6.45) is 6.38. The van der Waals surface area contributed by atoms with Crippen molar-refractivity contribution in [2.45, 2.75) is 0 Å². The summed E-state index contributed by atoms with van der Waals surface area (Å²) < 4.78 is 0. The lowest BCUT2D eigenvalue weighted by atomic mass is 10.5. The highest BCUT2D eigenvalue weighted by Gasteiger charge is 1.76. The predicted octanol–water partition coefficient (Wildman–Crippen LogP) is 2.03. The highest BCUT2D eigenvalue weighted by Crippen LogP contribution is 2.01. The molecular weight excluding hydrogens is 154 g/mol. The lowest BCUT2D eigenvalue weighted by Gasteiger charge is -1.80. The second kappa shape index (κ2) is 5.79. The fraction of sp³-hybridized carbons (Fsp3) is 0. The number of allylic oxidation sites excluding steroid dienone is 4. The molecule has 0 aliphatic carbocycles. The van der Waals surface area contributed by atoms with Crippen LogP contribution in [0.25, 0.3) is 0 Å². The van der Waals surface area contributed by atoms with Crippen LogP contribution in [0.3, 0.4) is 0 Å². The first kappa shape index (κ1) is 8.66. The van der Waals surface area contributed by atoms with Crippen molar-refractivity contribution in [1.82, 2.24) is 0 Å². The second-order valence-electron chi connectivity index (χ2n) is 1.25. The van der Waals surface area contributed by atoms with Gasteiger partial charge in [-0.3, -0.25) is 0 Å². The van der Waals surface area contributed by atoms with Gasteiger partial charge >= 0.3 is 0 Å². The quantitative estimate of drug-likeness (QED) is 0.471. The van der Waals surface area contributed by atoms with Gasteiger partial charge in [0.1, 0.15) is 0 Å². The number of nitrogens with two attached hydrogens (primary N) is 1. The normalized spacial score (nSPS) is 13.8. The lowest BCUT2D eigenvalue weighted by Crippen LogP contribution is -1.74. The Bertz CT molecular complexity index is 149. The van der Waals surface area contributed by atoms with Gasteiger partial charge in [-0.1, -0.05) is 17.7 Å². The third kappa shape index (κ3) is 5.53. The Morgan fingerprint density at radius 1 is 1.56 bits per heavy atom. The Morgan fingerprint density at radius 2 is 2.22 bits per heavy atom. The monoisotopic (exact) mass is 161 g/mol. The Balaban J connectivity index is 3.84. The van der Waals surface area contributed by atoms with E-state index in [2.05, 4.69) is 12.6 Å². The van der Waals surface area contributed by atoms with Crippen LogP contribution in [0.15, 0.2) is 34.9 Å². The highest BCUT2D eigenvalue weighted by atomic mass is 35.5. The van der Waals surface area contributed by atoms with Gasteiger partial charge in [0, 0.05) is 5.03 Å². The molecule has 0 aliphatic rings. The summed E-state index contributed by atoms with van der Waals surface area (Å²) >= 11 is 9.39. The third-order valence-electron chi connectivity index (χ3n) is 0.597. The molecule has 9 heavy (non-hydrogen) atoms. The summed E-state index contributed by atoms with van der Waals surface area (Å²) in [5.74, 6) is 0. The van der Waals surface area contributed by atoms with E-state index >= 15 is 0 Å². The molecule has 0 rings (SSSR count). The summed E-state index contributed by atoms with van der Waals surface area (Å²) in [5.41, 5.74) is 5.05. The Labute approximate surface area is 65.3 Å². The molecule has 0 radical (unpaired) electrons. The van der Waals surface area contributed by atoms with E-state index in [1.54, 1.807) is 23.6 Å². The highest BCUT2D eigenvalue weighted by molar-refractivity contribution is 7.83. The van der Waals surface area contributed by atoms with Crippen LogP contribution in [-0.4, -0.2) is 0 Å². The summed E-state index contributed by atoms with van der Waals surface area (Å²) in [6.45, 7) is 0. The van der Waals surface area contributed by atoms with E-state index in [1.807, 2.05) is 0 Å². The van der Waals surface area contributed by atoms with E-state index in [4.69, 9.17) is 17.3 Å². The van der Waals surface area contributed by atoms with E-state index in [9.17, 15) is 0 Å². The maximum Gasteiger partial charge on any atom is 0.0420 e. The number of hydrogen-bond donors (Lipinski definition) is 2. The maximum atomic E-state index is 5.57. The molecule has 2 N–H and O–H groups in total. The summed E-state index contributed by atoms with van der Waals surface area (Å²) in [7, 11) is 0. The second-order valence-corrected chi connectivity index (χ2v) is 1.99. The smallest absolute Gasteiger partial charge is 0.0420 e. The summed E-state index contributed by atoms with van der Waals surface area (Å²) in [4.78, 5) is 0. The first-order valence-electron chi connectivity index (χ1n) is 2.36. The van der Waals surface area contributed by atoms with Crippen molar-refractivity contribution < 1.29 is 0 Å². The van der Waals surface area contributed by atoms with Gasteiger partial charge < -0.3 is 5.73 Å². The number of thiol groups is 1. The van der Waals surface area contributed by atoms with Gasteiger partial charge in [-0.2, -0.15) is 12.6 Å². The molecule has 0 aromatic carbocycles. The molecule has 0 aromatic rings.